The third kappa shape index (κ3) is 14.3. The van der Waals surface area contributed by atoms with Crippen LogP contribution in [0.2, 0.25) is 55.9 Å². The van der Waals surface area contributed by atoms with Gasteiger partial charge in [-0.3, -0.25) is 4.79 Å². The van der Waals surface area contributed by atoms with Crippen molar-refractivity contribution in [3.63, 3.8) is 0 Å². The van der Waals surface area contributed by atoms with Gasteiger partial charge in [0.15, 0.2) is 16.6 Å². The number of methoxy groups -OCH3 is 1. The maximum atomic E-state index is 11.7. The van der Waals surface area contributed by atoms with Gasteiger partial charge in [-0.25, -0.2) is 0 Å². The molecule has 0 saturated heterocycles. The van der Waals surface area contributed by atoms with E-state index in [0.29, 0.717) is 12.8 Å². The standard InChI is InChI=1S/C40H73ClO5Si3/c1-14-49(15-2,16-3)45-37-31-36(44-48(12,13)39(4,5)6)34(24-19-23-33(41)26-27-38(42)43-8)35(37)25-20-29-40(7,46-47(9,10)11)30-28-32-21-17-18-22-32/h20,25,32-33,35,37H,14-18,21-22,24,26-31H2,1-13H3/b25-20+/t33?,35-,37-,40?/m0/s1. The highest BCUT2D eigenvalue weighted by molar-refractivity contribution is 6.74. The average molecular weight is 754 g/mol. The predicted molar refractivity (Wildman–Crippen MR) is 217 cm³/mol. The van der Waals surface area contributed by atoms with Gasteiger partial charge in [-0.1, -0.05) is 91.2 Å². The SMILES string of the molecule is CC[Si](CC)(CC)O[C@H]1CC(O[Si](C)(C)C(C)(C)C)=C(CC#CC(Cl)CCC(=O)OC)[C@@H]1/C=C/CC(C)(CCC1CCCC1)O[Si](C)(C)C. The number of carbonyl (C=O) groups is 1. The Kier molecular flexibility index (Phi) is 17.5. The molecule has 0 aromatic rings. The van der Waals surface area contributed by atoms with Crippen LogP contribution in [0.1, 0.15) is 119 Å². The minimum atomic E-state index is -2.12. The number of ether oxygens (including phenoxy) is 1. The molecule has 0 heterocycles. The maximum Gasteiger partial charge on any atom is 0.305 e. The minimum absolute atomic E-state index is 0.0353. The van der Waals surface area contributed by atoms with Crippen LogP contribution < -0.4 is 0 Å². The van der Waals surface area contributed by atoms with E-state index >= 15 is 0 Å². The van der Waals surface area contributed by atoms with Crippen LogP contribution in [0.3, 0.4) is 0 Å². The number of halogens is 1. The minimum Gasteiger partial charge on any atom is -0.546 e. The summed E-state index contributed by atoms with van der Waals surface area (Å²) in [6.07, 6.45) is 15.7. The van der Waals surface area contributed by atoms with Gasteiger partial charge in [0, 0.05) is 25.2 Å². The van der Waals surface area contributed by atoms with E-state index in [9.17, 15) is 4.79 Å². The lowest BCUT2D eigenvalue weighted by molar-refractivity contribution is -0.140. The van der Waals surface area contributed by atoms with Gasteiger partial charge in [-0.15, -0.1) is 11.6 Å². The molecule has 0 N–H and O–H groups in total. The van der Waals surface area contributed by atoms with Crippen LogP contribution in [-0.4, -0.2) is 55.1 Å². The van der Waals surface area contributed by atoms with Crippen molar-refractivity contribution in [2.45, 2.75) is 192 Å². The van der Waals surface area contributed by atoms with Gasteiger partial charge < -0.3 is 18.0 Å². The molecule has 1 fully saturated rings. The number of alkyl halides is 1. The summed E-state index contributed by atoms with van der Waals surface area (Å²) in [5, 5.41) is -0.341. The summed E-state index contributed by atoms with van der Waals surface area (Å²) in [5.74, 6) is 8.39. The molecule has 5 nitrogen and oxygen atoms in total. The van der Waals surface area contributed by atoms with Crippen molar-refractivity contribution < 1.29 is 22.8 Å². The van der Waals surface area contributed by atoms with E-state index in [0.717, 1.165) is 49.1 Å². The Balaban J connectivity index is 2.54. The molecule has 4 atom stereocenters. The van der Waals surface area contributed by atoms with E-state index in [1.807, 2.05) is 0 Å². The van der Waals surface area contributed by atoms with Gasteiger partial charge in [-0.05, 0) is 100 Å². The fraction of sp³-hybridized carbons (Fsp3) is 0.825. The Labute approximate surface area is 310 Å². The quantitative estimate of drug-likeness (QED) is 0.0432. The lowest BCUT2D eigenvalue weighted by Gasteiger charge is -2.37. The molecule has 0 spiro atoms. The van der Waals surface area contributed by atoms with Crippen molar-refractivity contribution in [2.24, 2.45) is 11.8 Å². The number of rotatable bonds is 19. The number of esters is 1. The number of hydrogen-bond donors (Lipinski definition) is 0. The highest BCUT2D eigenvalue weighted by Crippen LogP contribution is 2.46. The zero-order valence-corrected chi connectivity index (χ0v) is 37.5. The maximum absolute atomic E-state index is 11.7. The highest BCUT2D eigenvalue weighted by Gasteiger charge is 2.45. The molecule has 0 aromatic heterocycles. The highest BCUT2D eigenvalue weighted by atomic mass is 35.5. The Morgan fingerprint density at radius 3 is 2.16 bits per heavy atom. The van der Waals surface area contributed by atoms with Crippen LogP contribution >= 0.6 is 11.6 Å². The molecule has 2 aliphatic carbocycles. The molecule has 282 valence electrons. The summed E-state index contributed by atoms with van der Waals surface area (Å²) in [7, 11) is -4.39. The van der Waals surface area contributed by atoms with Gasteiger partial charge in [0.2, 0.25) is 8.32 Å². The van der Waals surface area contributed by atoms with Crippen LogP contribution in [0.15, 0.2) is 23.5 Å². The third-order valence-corrected chi connectivity index (χ3v) is 21.9. The monoisotopic (exact) mass is 752 g/mol. The first-order valence-corrected chi connectivity index (χ1v) is 28.7. The molecule has 0 amide bonds. The van der Waals surface area contributed by atoms with Crippen LogP contribution in [0, 0.1) is 23.7 Å². The predicted octanol–water partition coefficient (Wildman–Crippen LogP) is 12.2. The summed E-state index contributed by atoms with van der Waals surface area (Å²) >= 11 is 6.58. The molecule has 0 radical (unpaired) electrons. The molecule has 0 aromatic carbocycles. The second kappa shape index (κ2) is 19.3. The summed E-state index contributed by atoms with van der Waals surface area (Å²) in [6.45, 7) is 27.8. The van der Waals surface area contributed by atoms with E-state index in [4.69, 9.17) is 29.6 Å². The van der Waals surface area contributed by atoms with Crippen LogP contribution in [0.4, 0.5) is 0 Å². The Hall–Kier alpha value is -0.829. The van der Waals surface area contributed by atoms with E-state index in [1.165, 1.54) is 44.8 Å². The van der Waals surface area contributed by atoms with Crippen molar-refractivity contribution >= 4 is 42.5 Å². The van der Waals surface area contributed by atoms with Gasteiger partial charge in [0.1, 0.15) is 0 Å². The number of carbonyl (C=O) groups excluding carboxylic acids is 1. The molecule has 2 unspecified atom stereocenters. The molecule has 9 heteroatoms. The van der Waals surface area contributed by atoms with Crippen molar-refractivity contribution in [3.05, 3.63) is 23.5 Å². The van der Waals surface area contributed by atoms with E-state index in [-0.39, 0.29) is 35.1 Å². The smallest absolute Gasteiger partial charge is 0.305 e. The van der Waals surface area contributed by atoms with Gasteiger partial charge >= 0.3 is 5.97 Å². The van der Waals surface area contributed by atoms with E-state index in [2.05, 4.69) is 105 Å². The summed E-state index contributed by atoms with van der Waals surface area (Å²) in [5.41, 5.74) is 1.06. The second-order valence-electron chi connectivity index (χ2n) is 17.5. The first kappa shape index (κ1) is 44.3. The van der Waals surface area contributed by atoms with Crippen molar-refractivity contribution in [2.75, 3.05) is 7.11 Å². The normalized spacial score (nSPS) is 21.5. The van der Waals surface area contributed by atoms with Gasteiger partial charge in [0.25, 0.3) is 0 Å². The van der Waals surface area contributed by atoms with Crippen molar-refractivity contribution in [1.82, 2.24) is 0 Å². The van der Waals surface area contributed by atoms with E-state index in [1.54, 1.807) is 0 Å². The second-order valence-corrected chi connectivity index (χ2v) is 31.9. The summed E-state index contributed by atoms with van der Waals surface area (Å²) < 4.78 is 26.3. The molecule has 0 bridgehead atoms. The van der Waals surface area contributed by atoms with Crippen molar-refractivity contribution in [3.8, 4) is 11.8 Å². The van der Waals surface area contributed by atoms with Crippen molar-refractivity contribution in [1.29, 1.82) is 0 Å². The van der Waals surface area contributed by atoms with Crippen LogP contribution in [0.5, 0.6) is 0 Å². The topological polar surface area (TPSA) is 54.0 Å². The Morgan fingerprint density at radius 1 is 1.02 bits per heavy atom. The zero-order valence-electron chi connectivity index (χ0n) is 33.8. The molecule has 49 heavy (non-hydrogen) atoms. The summed E-state index contributed by atoms with van der Waals surface area (Å²) in [6, 6.07) is 3.33. The first-order chi connectivity index (χ1) is 22.7. The molecule has 2 aliphatic rings. The fourth-order valence-electron chi connectivity index (χ4n) is 7.19. The Bertz CT molecular complexity index is 1160. The molecule has 0 aliphatic heterocycles. The lowest BCUT2D eigenvalue weighted by Crippen LogP contribution is -2.42. The average Bonchev–Trinajstić information content (AvgIpc) is 3.64. The lowest BCUT2D eigenvalue weighted by atomic mass is 9.89. The largest absolute Gasteiger partial charge is 0.546 e. The van der Waals surface area contributed by atoms with E-state index < -0.39 is 30.3 Å². The van der Waals surface area contributed by atoms with Crippen LogP contribution in [0.25, 0.3) is 0 Å². The number of hydrogen-bond acceptors (Lipinski definition) is 5. The van der Waals surface area contributed by atoms with Gasteiger partial charge in [-0.2, -0.15) is 0 Å². The first-order valence-electron chi connectivity index (χ1n) is 19.4. The molecule has 1 saturated carbocycles. The molecular formula is C40H73ClO5Si3. The molecular weight excluding hydrogens is 680 g/mol. The Morgan fingerprint density at radius 2 is 1.63 bits per heavy atom. The third-order valence-electron chi connectivity index (χ3n) is 11.4. The van der Waals surface area contributed by atoms with Gasteiger partial charge in [0.05, 0.1) is 30.0 Å². The fourth-order valence-corrected chi connectivity index (χ4v) is 13.1. The van der Waals surface area contributed by atoms with Crippen LogP contribution in [-0.2, 0) is 22.8 Å². The zero-order chi connectivity index (χ0) is 37.1. The summed E-state index contributed by atoms with van der Waals surface area (Å²) in [4.78, 5) is 11.7. The molecule has 2 rings (SSSR count).